The second-order valence-electron chi connectivity index (χ2n) is 3.17. The Morgan fingerprint density at radius 2 is 2.50 bits per heavy atom. The molecule has 1 aliphatic heterocycles. The van der Waals surface area contributed by atoms with E-state index in [4.69, 9.17) is 0 Å². The van der Waals surface area contributed by atoms with Crippen molar-refractivity contribution < 1.29 is 0 Å². The van der Waals surface area contributed by atoms with Crippen molar-refractivity contribution >= 4 is 0 Å². The number of allylic oxidation sites excluding steroid dienone is 2. The van der Waals surface area contributed by atoms with Crippen LogP contribution in [0.25, 0.3) is 0 Å². The Labute approximate surface area is 61.8 Å². The van der Waals surface area contributed by atoms with Crippen molar-refractivity contribution in [1.29, 1.82) is 0 Å². The first-order chi connectivity index (χ1) is 4.88. The molecular formula is C9H13N. The largest absolute Gasteiger partial charge is 0.309 e. The number of hydrogen-bond donors (Lipinski definition) is 1. The molecule has 2 atom stereocenters. The minimum absolute atomic E-state index is 0.657. The van der Waals surface area contributed by atoms with Crippen LogP contribution in [-0.4, -0.2) is 12.6 Å². The molecular weight excluding hydrogens is 122 g/mol. The summed E-state index contributed by atoms with van der Waals surface area (Å²) in [5, 5.41) is 3.49. The molecule has 0 bridgehead atoms. The summed E-state index contributed by atoms with van der Waals surface area (Å²) in [6.45, 7) is 3.44. The lowest BCUT2D eigenvalue weighted by Gasteiger charge is -2.20. The summed E-state index contributed by atoms with van der Waals surface area (Å²) in [4.78, 5) is 0. The van der Waals surface area contributed by atoms with E-state index < -0.39 is 0 Å². The lowest BCUT2D eigenvalue weighted by molar-refractivity contribution is 0.539. The summed E-state index contributed by atoms with van der Waals surface area (Å²) in [6.07, 6.45) is 7.96. The molecule has 0 amide bonds. The molecule has 0 saturated carbocycles. The smallest absolute Gasteiger partial charge is 0.0343 e. The first-order valence-electron chi connectivity index (χ1n) is 3.98. The summed E-state index contributed by atoms with van der Waals surface area (Å²) in [6, 6.07) is 0.657. The van der Waals surface area contributed by atoms with Gasteiger partial charge in [-0.25, -0.2) is 0 Å². The van der Waals surface area contributed by atoms with E-state index in [0.717, 1.165) is 0 Å². The van der Waals surface area contributed by atoms with Crippen molar-refractivity contribution in [1.82, 2.24) is 5.32 Å². The number of rotatable bonds is 0. The van der Waals surface area contributed by atoms with E-state index in [0.29, 0.717) is 12.0 Å². The van der Waals surface area contributed by atoms with E-state index in [1.807, 2.05) is 0 Å². The van der Waals surface area contributed by atoms with Gasteiger partial charge >= 0.3 is 0 Å². The molecule has 10 heavy (non-hydrogen) atoms. The van der Waals surface area contributed by atoms with E-state index in [1.54, 1.807) is 5.57 Å². The van der Waals surface area contributed by atoms with Gasteiger partial charge in [-0.3, -0.25) is 0 Å². The topological polar surface area (TPSA) is 12.0 Å². The van der Waals surface area contributed by atoms with Gasteiger partial charge in [0.15, 0.2) is 0 Å². The molecule has 1 nitrogen and oxygen atoms in total. The quantitative estimate of drug-likeness (QED) is 0.530. The molecule has 2 aliphatic rings. The molecule has 1 aliphatic carbocycles. The van der Waals surface area contributed by atoms with Gasteiger partial charge in [-0.05, 0) is 18.9 Å². The van der Waals surface area contributed by atoms with Crippen LogP contribution in [0.2, 0.25) is 0 Å². The van der Waals surface area contributed by atoms with Crippen molar-refractivity contribution in [2.75, 3.05) is 6.54 Å². The van der Waals surface area contributed by atoms with Crippen molar-refractivity contribution in [3.63, 3.8) is 0 Å². The third kappa shape index (κ3) is 0.816. The first kappa shape index (κ1) is 6.17. The zero-order valence-corrected chi connectivity index (χ0v) is 6.30. The van der Waals surface area contributed by atoms with Crippen LogP contribution in [0, 0.1) is 5.92 Å². The predicted molar refractivity (Wildman–Crippen MR) is 42.8 cm³/mol. The Kier molecular flexibility index (Phi) is 1.38. The molecule has 2 rings (SSSR count). The van der Waals surface area contributed by atoms with Crippen molar-refractivity contribution in [3.8, 4) is 0 Å². The van der Waals surface area contributed by atoms with Gasteiger partial charge in [-0.1, -0.05) is 30.7 Å². The Hall–Kier alpha value is -0.560. The fourth-order valence-electron chi connectivity index (χ4n) is 1.83. The monoisotopic (exact) mass is 135 g/mol. The minimum atomic E-state index is 0.657. The van der Waals surface area contributed by atoms with Gasteiger partial charge in [0.25, 0.3) is 0 Å². The fourth-order valence-corrected chi connectivity index (χ4v) is 1.83. The van der Waals surface area contributed by atoms with Gasteiger partial charge in [0, 0.05) is 6.04 Å². The lowest BCUT2D eigenvalue weighted by Crippen LogP contribution is -2.29. The highest BCUT2D eigenvalue weighted by atomic mass is 14.9. The lowest BCUT2D eigenvalue weighted by atomic mass is 9.91. The van der Waals surface area contributed by atoms with E-state index >= 15 is 0 Å². The van der Waals surface area contributed by atoms with Gasteiger partial charge in [0.2, 0.25) is 0 Å². The molecule has 1 saturated heterocycles. The maximum Gasteiger partial charge on any atom is 0.0343 e. The maximum atomic E-state index is 3.49. The summed E-state index contributed by atoms with van der Waals surface area (Å²) in [5.41, 5.74) is 1.59. The highest BCUT2D eigenvalue weighted by Crippen LogP contribution is 2.25. The molecule has 0 aromatic carbocycles. The Bertz CT molecular complexity index is 191. The van der Waals surface area contributed by atoms with E-state index in [9.17, 15) is 0 Å². The van der Waals surface area contributed by atoms with Crippen molar-refractivity contribution in [2.45, 2.75) is 19.4 Å². The van der Waals surface area contributed by atoms with Gasteiger partial charge in [-0.15, -0.1) is 0 Å². The normalized spacial score (nSPS) is 37.5. The number of fused-ring (bicyclic) bond motifs is 1. The van der Waals surface area contributed by atoms with Crippen LogP contribution >= 0.6 is 0 Å². The molecule has 1 fully saturated rings. The molecule has 0 radical (unpaired) electrons. The average molecular weight is 135 g/mol. The zero-order chi connectivity index (χ0) is 6.97. The molecule has 0 spiro atoms. The highest BCUT2D eigenvalue weighted by molar-refractivity contribution is 5.28. The van der Waals surface area contributed by atoms with Crippen LogP contribution in [0.15, 0.2) is 23.8 Å². The number of nitrogens with one attached hydrogen (secondary N) is 1. The molecule has 1 N–H and O–H groups in total. The van der Waals surface area contributed by atoms with Crippen molar-refractivity contribution in [2.24, 2.45) is 5.92 Å². The summed E-state index contributed by atoms with van der Waals surface area (Å²) >= 11 is 0. The molecule has 0 aromatic heterocycles. The molecule has 1 heterocycles. The van der Waals surface area contributed by atoms with Crippen molar-refractivity contribution in [3.05, 3.63) is 23.8 Å². The van der Waals surface area contributed by atoms with Crippen LogP contribution < -0.4 is 5.32 Å². The summed E-state index contributed by atoms with van der Waals surface area (Å²) in [5.74, 6) is 0.697. The van der Waals surface area contributed by atoms with E-state index in [-0.39, 0.29) is 0 Å². The van der Waals surface area contributed by atoms with Gasteiger partial charge < -0.3 is 5.32 Å². The molecule has 2 unspecified atom stereocenters. The van der Waals surface area contributed by atoms with Crippen LogP contribution in [0.4, 0.5) is 0 Å². The fraction of sp³-hybridized carbons (Fsp3) is 0.556. The van der Waals surface area contributed by atoms with E-state index in [1.165, 1.54) is 13.0 Å². The first-order valence-corrected chi connectivity index (χ1v) is 3.98. The van der Waals surface area contributed by atoms with Crippen LogP contribution in [0.5, 0.6) is 0 Å². The second-order valence-corrected chi connectivity index (χ2v) is 3.17. The van der Waals surface area contributed by atoms with Crippen LogP contribution in [-0.2, 0) is 0 Å². The third-order valence-corrected chi connectivity index (χ3v) is 2.43. The zero-order valence-electron chi connectivity index (χ0n) is 6.30. The van der Waals surface area contributed by atoms with E-state index in [2.05, 4.69) is 30.5 Å². The average Bonchev–Trinajstić information content (AvgIpc) is 2.36. The Balaban J connectivity index is 2.25. The summed E-state index contributed by atoms with van der Waals surface area (Å²) in [7, 11) is 0. The number of hydrogen-bond acceptors (Lipinski definition) is 1. The highest BCUT2D eigenvalue weighted by Gasteiger charge is 2.25. The van der Waals surface area contributed by atoms with Gasteiger partial charge in [0.05, 0.1) is 0 Å². The SMILES string of the molecule is CC1C=CC=C2CCNC21. The summed E-state index contributed by atoms with van der Waals surface area (Å²) < 4.78 is 0. The molecule has 54 valence electrons. The third-order valence-electron chi connectivity index (χ3n) is 2.43. The molecule has 1 heteroatoms. The van der Waals surface area contributed by atoms with Gasteiger partial charge in [0.1, 0.15) is 0 Å². The minimum Gasteiger partial charge on any atom is -0.309 e. The molecule has 0 aromatic rings. The Morgan fingerprint density at radius 1 is 1.60 bits per heavy atom. The van der Waals surface area contributed by atoms with Crippen LogP contribution in [0.3, 0.4) is 0 Å². The maximum absolute atomic E-state index is 3.49. The standard InChI is InChI=1S/C9H13N/c1-7-3-2-4-8-5-6-10-9(7)8/h2-4,7,9-10H,5-6H2,1H3. The van der Waals surface area contributed by atoms with Crippen LogP contribution in [0.1, 0.15) is 13.3 Å². The second kappa shape index (κ2) is 2.24. The van der Waals surface area contributed by atoms with Gasteiger partial charge in [-0.2, -0.15) is 0 Å². The Morgan fingerprint density at radius 3 is 3.30 bits per heavy atom. The predicted octanol–water partition coefficient (Wildman–Crippen LogP) is 1.48.